The van der Waals surface area contributed by atoms with E-state index in [1.54, 1.807) is 0 Å². The lowest BCUT2D eigenvalue weighted by Crippen LogP contribution is -2.24. The van der Waals surface area contributed by atoms with E-state index in [2.05, 4.69) is 39.8 Å². The van der Waals surface area contributed by atoms with Gasteiger partial charge in [0.05, 0.1) is 0 Å². The molecule has 0 unspecified atom stereocenters. The van der Waals surface area contributed by atoms with E-state index in [-0.39, 0.29) is 6.61 Å². The van der Waals surface area contributed by atoms with Gasteiger partial charge >= 0.3 is 6.16 Å². The molecule has 0 aliphatic heterocycles. The van der Waals surface area contributed by atoms with Gasteiger partial charge in [0.2, 0.25) is 0 Å². The molecule has 0 aliphatic rings. The summed E-state index contributed by atoms with van der Waals surface area (Å²) in [6.45, 7) is 14.2. The lowest BCUT2D eigenvalue weighted by molar-refractivity contribution is -0.00247. The van der Waals surface area contributed by atoms with Crippen LogP contribution in [0.4, 0.5) is 4.79 Å². The topological polar surface area (TPSA) is 35.5 Å². The molecule has 3 heteroatoms. The second-order valence-electron chi connectivity index (χ2n) is 7.24. The molecular weight excluding hydrogens is 288 g/mol. The fourth-order valence-electron chi connectivity index (χ4n) is 1.87. The Hall–Kier alpha value is -1.51. The Labute approximate surface area is 142 Å². The minimum Gasteiger partial charge on any atom is -0.430 e. The molecule has 3 nitrogen and oxygen atoms in total. The molecule has 0 bridgehead atoms. The Morgan fingerprint density at radius 3 is 1.91 bits per heavy atom. The summed E-state index contributed by atoms with van der Waals surface area (Å²) in [7, 11) is 0. The van der Waals surface area contributed by atoms with Crippen molar-refractivity contribution >= 4 is 6.16 Å². The molecule has 0 amide bonds. The average Bonchev–Trinajstić information content (AvgIpc) is 2.35. The van der Waals surface area contributed by atoms with Crippen molar-refractivity contribution in [2.75, 3.05) is 6.61 Å². The molecule has 0 heterocycles. The van der Waals surface area contributed by atoms with Crippen molar-refractivity contribution in [3.05, 3.63) is 34.9 Å². The van der Waals surface area contributed by atoms with Crippen LogP contribution in [0, 0.1) is 0 Å². The molecule has 0 aromatic carbocycles. The molecule has 0 radical (unpaired) electrons. The van der Waals surface area contributed by atoms with Gasteiger partial charge < -0.3 is 9.47 Å². The van der Waals surface area contributed by atoms with Crippen LogP contribution in [0.15, 0.2) is 34.9 Å². The molecule has 0 saturated carbocycles. The van der Waals surface area contributed by atoms with Crippen LogP contribution in [0.1, 0.15) is 74.1 Å². The van der Waals surface area contributed by atoms with Gasteiger partial charge in [-0.05, 0) is 80.2 Å². The highest BCUT2D eigenvalue weighted by Gasteiger charge is 2.16. The standard InChI is InChI=1S/C20H34O3/c1-16(2)10-8-11-17(3)12-9-13-18(4)14-15-22-19(21)23-20(5,6)7/h10,12,14H,8-9,11,13,15H2,1-7H3/b17-12+,18-14+. The predicted octanol–water partition coefficient (Wildman–Crippen LogP) is 6.36. The fraction of sp³-hybridized carbons (Fsp3) is 0.650. The third-order valence-corrected chi connectivity index (χ3v) is 3.15. The lowest BCUT2D eigenvalue weighted by atomic mass is 10.1. The average molecular weight is 322 g/mol. The normalized spacial score (nSPS) is 12.8. The van der Waals surface area contributed by atoms with Gasteiger partial charge in [0.15, 0.2) is 0 Å². The second-order valence-corrected chi connectivity index (χ2v) is 7.24. The number of allylic oxidation sites excluding steroid dienone is 5. The number of ether oxygens (including phenoxy) is 2. The second kappa shape index (κ2) is 11.1. The van der Waals surface area contributed by atoms with Gasteiger partial charge in [0.1, 0.15) is 12.2 Å². The monoisotopic (exact) mass is 322 g/mol. The van der Waals surface area contributed by atoms with Crippen molar-refractivity contribution in [3.8, 4) is 0 Å². The Balaban J connectivity index is 3.98. The smallest absolute Gasteiger partial charge is 0.430 e. The molecule has 0 rings (SSSR count). The van der Waals surface area contributed by atoms with E-state index in [0.29, 0.717) is 0 Å². The summed E-state index contributed by atoms with van der Waals surface area (Å²) in [5.74, 6) is 0. The van der Waals surface area contributed by atoms with Crippen molar-refractivity contribution in [2.45, 2.75) is 79.8 Å². The third-order valence-electron chi connectivity index (χ3n) is 3.15. The van der Waals surface area contributed by atoms with E-state index in [1.807, 2.05) is 26.8 Å². The maximum absolute atomic E-state index is 11.4. The fourth-order valence-corrected chi connectivity index (χ4v) is 1.87. The molecule has 0 saturated heterocycles. The van der Waals surface area contributed by atoms with Crippen molar-refractivity contribution in [1.82, 2.24) is 0 Å². The number of carbonyl (C=O) groups is 1. The first kappa shape index (κ1) is 21.5. The van der Waals surface area contributed by atoms with Crippen LogP contribution in [-0.4, -0.2) is 18.4 Å². The molecule has 132 valence electrons. The van der Waals surface area contributed by atoms with Crippen LogP contribution in [0.25, 0.3) is 0 Å². The minimum absolute atomic E-state index is 0.268. The highest BCUT2D eigenvalue weighted by Crippen LogP contribution is 2.12. The Kier molecular flexibility index (Phi) is 10.4. The quantitative estimate of drug-likeness (QED) is 0.385. The number of carbonyl (C=O) groups excluding carboxylic acids is 1. The van der Waals surface area contributed by atoms with Crippen molar-refractivity contribution in [1.29, 1.82) is 0 Å². The van der Waals surface area contributed by atoms with Gasteiger partial charge in [0, 0.05) is 0 Å². The summed E-state index contributed by atoms with van der Waals surface area (Å²) in [6.07, 6.45) is 10.1. The van der Waals surface area contributed by atoms with E-state index in [4.69, 9.17) is 9.47 Å². The van der Waals surface area contributed by atoms with Crippen LogP contribution in [0.2, 0.25) is 0 Å². The summed E-state index contributed by atoms with van der Waals surface area (Å²) in [5, 5.41) is 0. The number of hydrogen-bond donors (Lipinski definition) is 0. The van der Waals surface area contributed by atoms with Crippen molar-refractivity contribution < 1.29 is 14.3 Å². The zero-order valence-electron chi connectivity index (χ0n) is 16.0. The highest BCUT2D eigenvalue weighted by molar-refractivity contribution is 5.60. The zero-order valence-corrected chi connectivity index (χ0v) is 16.0. The molecule has 0 aromatic heterocycles. The first-order valence-corrected chi connectivity index (χ1v) is 8.40. The molecule has 0 atom stereocenters. The highest BCUT2D eigenvalue weighted by atomic mass is 16.7. The minimum atomic E-state index is -0.614. The summed E-state index contributed by atoms with van der Waals surface area (Å²) in [6, 6.07) is 0. The molecule has 0 fully saturated rings. The van der Waals surface area contributed by atoms with Gasteiger partial charge in [-0.15, -0.1) is 0 Å². The predicted molar refractivity (Wildman–Crippen MR) is 97.6 cm³/mol. The molecule has 0 aromatic rings. The summed E-state index contributed by atoms with van der Waals surface area (Å²) >= 11 is 0. The molecule has 0 spiro atoms. The van der Waals surface area contributed by atoms with Crippen LogP contribution in [0.3, 0.4) is 0 Å². The zero-order chi connectivity index (χ0) is 17.9. The van der Waals surface area contributed by atoms with Gasteiger partial charge in [-0.2, -0.15) is 0 Å². The van der Waals surface area contributed by atoms with Gasteiger partial charge in [-0.3, -0.25) is 0 Å². The van der Waals surface area contributed by atoms with Crippen LogP contribution < -0.4 is 0 Å². The van der Waals surface area contributed by atoms with Crippen LogP contribution >= 0.6 is 0 Å². The van der Waals surface area contributed by atoms with E-state index in [0.717, 1.165) is 25.7 Å². The maximum atomic E-state index is 11.4. The Morgan fingerprint density at radius 2 is 1.39 bits per heavy atom. The van der Waals surface area contributed by atoms with E-state index < -0.39 is 11.8 Å². The molecule has 0 aliphatic carbocycles. The summed E-state index contributed by atoms with van der Waals surface area (Å²) in [4.78, 5) is 11.4. The van der Waals surface area contributed by atoms with E-state index in [9.17, 15) is 4.79 Å². The first-order valence-electron chi connectivity index (χ1n) is 8.40. The molecule has 23 heavy (non-hydrogen) atoms. The van der Waals surface area contributed by atoms with Crippen LogP contribution in [0.5, 0.6) is 0 Å². The van der Waals surface area contributed by atoms with E-state index in [1.165, 1.54) is 16.7 Å². The molecular formula is C20H34O3. The lowest BCUT2D eigenvalue weighted by Gasteiger charge is -2.18. The van der Waals surface area contributed by atoms with Gasteiger partial charge in [-0.25, -0.2) is 4.79 Å². The first-order chi connectivity index (χ1) is 10.6. The summed E-state index contributed by atoms with van der Waals surface area (Å²) < 4.78 is 10.1. The largest absolute Gasteiger partial charge is 0.509 e. The Bertz CT molecular complexity index is 444. The van der Waals surface area contributed by atoms with Gasteiger partial charge in [-0.1, -0.05) is 28.9 Å². The third kappa shape index (κ3) is 15.2. The van der Waals surface area contributed by atoms with Crippen molar-refractivity contribution in [3.63, 3.8) is 0 Å². The Morgan fingerprint density at radius 1 is 0.870 bits per heavy atom. The SMILES string of the molecule is CC(C)=CCC/C(C)=C/CC/C(C)=C/COC(=O)OC(C)(C)C. The number of rotatable bonds is 8. The molecule has 0 N–H and O–H groups in total. The summed E-state index contributed by atoms with van der Waals surface area (Å²) in [5.41, 5.74) is 3.52. The van der Waals surface area contributed by atoms with Crippen molar-refractivity contribution in [2.24, 2.45) is 0 Å². The number of hydrogen-bond acceptors (Lipinski definition) is 3. The van der Waals surface area contributed by atoms with Gasteiger partial charge in [0.25, 0.3) is 0 Å². The van der Waals surface area contributed by atoms with Crippen LogP contribution in [-0.2, 0) is 9.47 Å². The maximum Gasteiger partial charge on any atom is 0.509 e. The van der Waals surface area contributed by atoms with E-state index >= 15 is 0 Å².